The lowest BCUT2D eigenvalue weighted by Crippen LogP contribution is -2.29. The van der Waals surface area contributed by atoms with Gasteiger partial charge in [-0.25, -0.2) is 0 Å². The number of carbonyl (C=O) groups excluding carboxylic acids is 1. The number of rotatable bonds is 6. The highest BCUT2D eigenvalue weighted by molar-refractivity contribution is 5.76. The summed E-state index contributed by atoms with van der Waals surface area (Å²) in [5.74, 6) is 0.107. The summed E-state index contributed by atoms with van der Waals surface area (Å²) in [6, 6.07) is 10.4. The van der Waals surface area contributed by atoms with E-state index in [0.29, 0.717) is 6.42 Å². The van der Waals surface area contributed by atoms with E-state index in [2.05, 4.69) is 22.5 Å². The van der Waals surface area contributed by atoms with E-state index in [1.807, 2.05) is 49.1 Å². The average Bonchev–Trinajstić information content (AvgIpc) is 2.88. The Morgan fingerprint density at radius 2 is 2.00 bits per heavy atom. The first-order chi connectivity index (χ1) is 9.65. The predicted molar refractivity (Wildman–Crippen MR) is 80.2 cm³/mol. The smallest absolute Gasteiger partial charge is 0.220 e. The number of benzene rings is 1. The molecule has 1 amide bonds. The number of aromatic nitrogens is 2. The Hall–Kier alpha value is -2.10. The fourth-order valence-corrected chi connectivity index (χ4v) is 2.06. The highest BCUT2D eigenvalue weighted by Gasteiger charge is 2.04. The van der Waals surface area contributed by atoms with E-state index in [1.165, 1.54) is 0 Å². The Bertz CT molecular complexity index is 546. The van der Waals surface area contributed by atoms with Crippen LogP contribution in [0.15, 0.2) is 42.7 Å². The van der Waals surface area contributed by atoms with Crippen molar-refractivity contribution in [2.45, 2.75) is 39.3 Å². The van der Waals surface area contributed by atoms with E-state index >= 15 is 0 Å². The van der Waals surface area contributed by atoms with E-state index in [0.717, 1.165) is 24.1 Å². The molecule has 1 N–H and O–H groups in total. The lowest BCUT2D eigenvalue weighted by molar-refractivity contribution is -0.121. The van der Waals surface area contributed by atoms with Crippen LogP contribution in [0.4, 0.5) is 0 Å². The lowest BCUT2D eigenvalue weighted by atomic mass is 10.1. The van der Waals surface area contributed by atoms with Gasteiger partial charge in [0.1, 0.15) is 0 Å². The van der Waals surface area contributed by atoms with Gasteiger partial charge in [0.25, 0.3) is 0 Å². The van der Waals surface area contributed by atoms with Crippen molar-refractivity contribution in [2.75, 3.05) is 0 Å². The Morgan fingerprint density at radius 1 is 1.25 bits per heavy atom. The highest BCUT2D eigenvalue weighted by atomic mass is 16.1. The van der Waals surface area contributed by atoms with E-state index in [1.54, 1.807) is 0 Å². The van der Waals surface area contributed by atoms with Crippen LogP contribution in [0.1, 0.15) is 26.7 Å². The average molecular weight is 271 g/mol. The fourth-order valence-electron chi connectivity index (χ4n) is 2.06. The second-order valence-corrected chi connectivity index (χ2v) is 5.18. The number of hydrogen-bond acceptors (Lipinski definition) is 2. The zero-order valence-corrected chi connectivity index (χ0v) is 12.0. The molecule has 0 aliphatic carbocycles. The molecule has 0 saturated heterocycles. The quantitative estimate of drug-likeness (QED) is 0.878. The van der Waals surface area contributed by atoms with Crippen molar-refractivity contribution in [1.29, 1.82) is 0 Å². The molecule has 0 bridgehead atoms. The topological polar surface area (TPSA) is 46.9 Å². The minimum atomic E-state index is 0.107. The number of nitrogens with one attached hydrogen (secondary N) is 1. The van der Waals surface area contributed by atoms with Gasteiger partial charge >= 0.3 is 0 Å². The van der Waals surface area contributed by atoms with Gasteiger partial charge in [-0.15, -0.1) is 0 Å². The van der Waals surface area contributed by atoms with Gasteiger partial charge in [0.15, 0.2) is 0 Å². The molecule has 0 aliphatic heterocycles. The maximum atomic E-state index is 11.5. The summed E-state index contributed by atoms with van der Waals surface area (Å²) < 4.78 is 1.89. The second kappa shape index (κ2) is 6.89. The van der Waals surface area contributed by atoms with Gasteiger partial charge < -0.3 is 5.32 Å². The van der Waals surface area contributed by atoms with Crippen LogP contribution in [0.2, 0.25) is 0 Å². The van der Waals surface area contributed by atoms with Crippen molar-refractivity contribution in [3.63, 3.8) is 0 Å². The zero-order valence-electron chi connectivity index (χ0n) is 12.0. The molecule has 0 aliphatic rings. The molecule has 0 saturated carbocycles. The van der Waals surface area contributed by atoms with E-state index in [9.17, 15) is 4.79 Å². The molecule has 0 fully saturated rings. The Labute approximate surface area is 119 Å². The van der Waals surface area contributed by atoms with Crippen LogP contribution in [0.3, 0.4) is 0 Å². The van der Waals surface area contributed by atoms with Crippen molar-refractivity contribution in [2.24, 2.45) is 0 Å². The van der Waals surface area contributed by atoms with E-state index in [-0.39, 0.29) is 11.9 Å². The zero-order chi connectivity index (χ0) is 14.4. The van der Waals surface area contributed by atoms with Crippen LogP contribution in [-0.2, 0) is 11.3 Å². The van der Waals surface area contributed by atoms with Crippen molar-refractivity contribution in [1.82, 2.24) is 15.1 Å². The molecule has 1 aromatic heterocycles. The molecule has 4 nitrogen and oxygen atoms in total. The summed E-state index contributed by atoms with van der Waals surface area (Å²) in [6.07, 6.45) is 5.23. The summed E-state index contributed by atoms with van der Waals surface area (Å²) in [5, 5.41) is 7.23. The van der Waals surface area contributed by atoms with Crippen LogP contribution < -0.4 is 5.32 Å². The monoisotopic (exact) mass is 271 g/mol. The minimum Gasteiger partial charge on any atom is -0.354 e. The molecule has 4 heteroatoms. The largest absolute Gasteiger partial charge is 0.354 e. The second-order valence-electron chi connectivity index (χ2n) is 5.18. The first kappa shape index (κ1) is 14.3. The molecule has 0 unspecified atom stereocenters. The van der Waals surface area contributed by atoms with E-state index in [4.69, 9.17) is 0 Å². The number of carbonyl (C=O) groups is 1. The third-order valence-corrected chi connectivity index (χ3v) is 2.98. The van der Waals surface area contributed by atoms with Crippen LogP contribution in [0.25, 0.3) is 11.1 Å². The normalized spacial score (nSPS) is 10.8. The molecule has 1 heterocycles. The van der Waals surface area contributed by atoms with Crippen LogP contribution in [0, 0.1) is 0 Å². The summed E-state index contributed by atoms with van der Waals surface area (Å²) in [7, 11) is 0. The number of hydrogen-bond donors (Lipinski definition) is 1. The molecular weight excluding hydrogens is 250 g/mol. The van der Waals surface area contributed by atoms with Crippen LogP contribution in [-0.4, -0.2) is 21.7 Å². The SMILES string of the molecule is CC(C)NC(=O)CCCn1cc(-c2ccccc2)cn1. The Kier molecular flexibility index (Phi) is 4.93. The predicted octanol–water partition coefficient (Wildman–Crippen LogP) is 2.85. The van der Waals surface area contributed by atoms with Crippen molar-refractivity contribution in [3.8, 4) is 11.1 Å². The standard InChI is InChI=1S/C16H21N3O/c1-13(2)18-16(20)9-6-10-19-12-15(11-17-19)14-7-4-3-5-8-14/h3-5,7-8,11-13H,6,9-10H2,1-2H3,(H,18,20). The summed E-state index contributed by atoms with van der Waals surface area (Å²) in [5.41, 5.74) is 2.27. The van der Waals surface area contributed by atoms with E-state index < -0.39 is 0 Å². The summed E-state index contributed by atoms with van der Waals surface area (Å²) >= 11 is 0. The van der Waals surface area contributed by atoms with Crippen molar-refractivity contribution < 1.29 is 4.79 Å². The Balaban J connectivity index is 1.83. The molecule has 20 heavy (non-hydrogen) atoms. The van der Waals surface area contributed by atoms with Gasteiger partial charge in [-0.3, -0.25) is 9.48 Å². The molecule has 1 aromatic carbocycles. The molecule has 2 aromatic rings. The number of nitrogens with zero attached hydrogens (tertiary/aromatic N) is 2. The minimum absolute atomic E-state index is 0.107. The van der Waals surface area contributed by atoms with Gasteiger partial charge in [0.05, 0.1) is 6.20 Å². The van der Waals surface area contributed by atoms with Gasteiger partial charge in [0, 0.05) is 30.8 Å². The molecule has 106 valence electrons. The third-order valence-electron chi connectivity index (χ3n) is 2.98. The van der Waals surface area contributed by atoms with Gasteiger partial charge in [0.2, 0.25) is 5.91 Å². The first-order valence-electron chi connectivity index (χ1n) is 7.02. The maximum absolute atomic E-state index is 11.5. The molecule has 0 atom stereocenters. The first-order valence-corrected chi connectivity index (χ1v) is 7.02. The molecule has 2 rings (SSSR count). The highest BCUT2D eigenvalue weighted by Crippen LogP contribution is 2.17. The van der Waals surface area contributed by atoms with Crippen molar-refractivity contribution >= 4 is 5.91 Å². The maximum Gasteiger partial charge on any atom is 0.220 e. The van der Waals surface area contributed by atoms with Crippen LogP contribution in [0.5, 0.6) is 0 Å². The third kappa shape index (κ3) is 4.23. The van der Waals surface area contributed by atoms with Gasteiger partial charge in [-0.1, -0.05) is 30.3 Å². The number of aryl methyl sites for hydroxylation is 1. The lowest BCUT2D eigenvalue weighted by Gasteiger charge is -2.07. The summed E-state index contributed by atoms with van der Waals surface area (Å²) in [4.78, 5) is 11.5. The van der Waals surface area contributed by atoms with Crippen LogP contribution >= 0.6 is 0 Å². The molecule has 0 radical (unpaired) electrons. The van der Waals surface area contributed by atoms with Gasteiger partial charge in [-0.05, 0) is 25.8 Å². The van der Waals surface area contributed by atoms with Crippen molar-refractivity contribution in [3.05, 3.63) is 42.7 Å². The van der Waals surface area contributed by atoms with Gasteiger partial charge in [-0.2, -0.15) is 5.10 Å². The molecular formula is C16H21N3O. The summed E-state index contributed by atoms with van der Waals surface area (Å²) in [6.45, 7) is 4.70. The fraction of sp³-hybridized carbons (Fsp3) is 0.375. The Morgan fingerprint density at radius 3 is 2.70 bits per heavy atom. The number of amides is 1. The molecule has 0 spiro atoms.